The zero-order chi connectivity index (χ0) is 12.8. The molecule has 1 aliphatic rings. The third-order valence-corrected chi connectivity index (χ3v) is 4.76. The van der Waals surface area contributed by atoms with Crippen molar-refractivity contribution in [3.8, 4) is 0 Å². The molecule has 0 saturated carbocycles. The van der Waals surface area contributed by atoms with Crippen molar-refractivity contribution in [2.75, 3.05) is 26.2 Å². The third kappa shape index (κ3) is 5.42. The van der Waals surface area contributed by atoms with Gasteiger partial charge in [-0.1, -0.05) is 6.92 Å². The zero-order valence-electron chi connectivity index (χ0n) is 12.1. The first kappa shape index (κ1) is 17.0. The largest absolute Gasteiger partial charge is 0.316 e. The van der Waals surface area contributed by atoms with E-state index >= 15 is 0 Å². The van der Waals surface area contributed by atoms with Crippen LogP contribution < -0.4 is 5.32 Å². The topological polar surface area (TPSA) is 15.3 Å². The summed E-state index contributed by atoms with van der Waals surface area (Å²) in [5.74, 6) is 0.851. The summed E-state index contributed by atoms with van der Waals surface area (Å²) in [6, 6.07) is 2.92. The molecule has 19 heavy (non-hydrogen) atoms. The van der Waals surface area contributed by atoms with Crippen molar-refractivity contribution < 1.29 is 0 Å². The number of piperidine rings is 1. The molecule has 0 aliphatic carbocycles. The molecule has 1 aromatic heterocycles. The highest BCUT2D eigenvalue weighted by molar-refractivity contribution is 7.07. The van der Waals surface area contributed by atoms with Crippen LogP contribution >= 0.6 is 23.7 Å². The second-order valence-electron chi connectivity index (χ2n) is 5.48. The van der Waals surface area contributed by atoms with E-state index in [1.807, 2.05) is 11.3 Å². The van der Waals surface area contributed by atoms with Crippen molar-refractivity contribution in [3.05, 3.63) is 22.4 Å². The van der Waals surface area contributed by atoms with Gasteiger partial charge in [0.1, 0.15) is 0 Å². The summed E-state index contributed by atoms with van der Waals surface area (Å²) in [7, 11) is 0. The number of thiophene rings is 1. The average molecular weight is 303 g/mol. The monoisotopic (exact) mass is 302 g/mol. The van der Waals surface area contributed by atoms with Crippen molar-refractivity contribution in [1.29, 1.82) is 0 Å². The van der Waals surface area contributed by atoms with E-state index in [2.05, 4.69) is 40.9 Å². The minimum absolute atomic E-state index is 0. The Morgan fingerprint density at radius 2 is 2.37 bits per heavy atom. The highest BCUT2D eigenvalue weighted by atomic mass is 35.5. The Labute approximate surface area is 128 Å². The molecular formula is C15H27ClN2S. The predicted molar refractivity (Wildman–Crippen MR) is 87.6 cm³/mol. The second-order valence-corrected chi connectivity index (χ2v) is 6.26. The number of nitrogens with one attached hydrogen (secondary N) is 1. The van der Waals surface area contributed by atoms with Crippen LogP contribution in [0.2, 0.25) is 0 Å². The van der Waals surface area contributed by atoms with Gasteiger partial charge >= 0.3 is 0 Å². The Morgan fingerprint density at radius 3 is 2.95 bits per heavy atom. The number of hydrogen-bond donors (Lipinski definition) is 1. The SMILES string of the molecule is CCN(CC1CCCNC1)C(C)Cc1ccsc1.Cl. The van der Waals surface area contributed by atoms with Gasteiger partial charge in [-0.05, 0) is 74.1 Å². The number of halogens is 1. The Hall–Kier alpha value is -0.0900. The molecule has 1 aliphatic heterocycles. The summed E-state index contributed by atoms with van der Waals surface area (Å²) in [6.07, 6.45) is 3.94. The van der Waals surface area contributed by atoms with E-state index in [1.54, 1.807) is 0 Å². The van der Waals surface area contributed by atoms with Gasteiger partial charge in [0, 0.05) is 12.6 Å². The van der Waals surface area contributed by atoms with Gasteiger partial charge in [-0.2, -0.15) is 11.3 Å². The van der Waals surface area contributed by atoms with Gasteiger partial charge in [-0.3, -0.25) is 0 Å². The first-order valence-electron chi connectivity index (χ1n) is 7.25. The van der Waals surface area contributed by atoms with Gasteiger partial charge in [0.25, 0.3) is 0 Å². The van der Waals surface area contributed by atoms with Gasteiger partial charge in [0.2, 0.25) is 0 Å². The molecule has 1 saturated heterocycles. The van der Waals surface area contributed by atoms with Crippen LogP contribution in [0.15, 0.2) is 16.8 Å². The normalized spacial score (nSPS) is 21.1. The van der Waals surface area contributed by atoms with Gasteiger partial charge in [0.15, 0.2) is 0 Å². The maximum absolute atomic E-state index is 3.52. The molecule has 0 amide bonds. The van der Waals surface area contributed by atoms with Crippen molar-refractivity contribution in [2.24, 2.45) is 5.92 Å². The smallest absolute Gasteiger partial charge is 0.0108 e. The van der Waals surface area contributed by atoms with E-state index in [1.165, 1.54) is 51.0 Å². The van der Waals surface area contributed by atoms with Gasteiger partial charge in [-0.15, -0.1) is 12.4 Å². The van der Waals surface area contributed by atoms with Crippen LogP contribution in [0.25, 0.3) is 0 Å². The molecule has 0 radical (unpaired) electrons. The quantitative estimate of drug-likeness (QED) is 0.866. The van der Waals surface area contributed by atoms with Crippen molar-refractivity contribution in [1.82, 2.24) is 10.2 Å². The lowest BCUT2D eigenvalue weighted by atomic mass is 9.98. The fourth-order valence-electron chi connectivity index (χ4n) is 2.91. The average Bonchev–Trinajstić information content (AvgIpc) is 2.90. The summed E-state index contributed by atoms with van der Waals surface area (Å²) >= 11 is 1.81. The van der Waals surface area contributed by atoms with E-state index in [0.29, 0.717) is 6.04 Å². The van der Waals surface area contributed by atoms with E-state index in [4.69, 9.17) is 0 Å². The lowest BCUT2D eigenvalue weighted by molar-refractivity contribution is 0.169. The summed E-state index contributed by atoms with van der Waals surface area (Å²) in [6.45, 7) is 9.52. The van der Waals surface area contributed by atoms with Gasteiger partial charge in [-0.25, -0.2) is 0 Å². The highest BCUT2D eigenvalue weighted by Gasteiger charge is 2.19. The van der Waals surface area contributed by atoms with Crippen LogP contribution in [0, 0.1) is 5.92 Å². The summed E-state index contributed by atoms with van der Waals surface area (Å²) in [4.78, 5) is 2.65. The van der Waals surface area contributed by atoms with Crippen LogP contribution in [0.1, 0.15) is 32.3 Å². The second kappa shape index (κ2) is 8.96. The number of rotatable bonds is 6. The molecule has 0 bridgehead atoms. The third-order valence-electron chi connectivity index (χ3n) is 4.03. The molecule has 2 atom stereocenters. The van der Waals surface area contributed by atoms with Crippen LogP contribution in [-0.4, -0.2) is 37.1 Å². The van der Waals surface area contributed by atoms with Crippen LogP contribution in [0.4, 0.5) is 0 Å². The lowest BCUT2D eigenvalue weighted by Gasteiger charge is -2.33. The molecule has 1 fully saturated rings. The number of nitrogens with zero attached hydrogens (tertiary/aromatic N) is 1. The molecule has 2 rings (SSSR count). The number of likely N-dealkylation sites (N-methyl/N-ethyl adjacent to an activating group) is 1. The van der Waals surface area contributed by atoms with E-state index in [9.17, 15) is 0 Å². The minimum Gasteiger partial charge on any atom is -0.316 e. The maximum Gasteiger partial charge on any atom is 0.0108 e. The molecule has 0 aromatic carbocycles. The van der Waals surface area contributed by atoms with E-state index in [-0.39, 0.29) is 12.4 Å². The van der Waals surface area contributed by atoms with E-state index in [0.717, 1.165) is 5.92 Å². The fraction of sp³-hybridized carbons (Fsp3) is 0.733. The Morgan fingerprint density at radius 1 is 1.53 bits per heavy atom. The first-order valence-corrected chi connectivity index (χ1v) is 8.19. The Balaban J connectivity index is 0.00000180. The van der Waals surface area contributed by atoms with Crippen molar-refractivity contribution in [3.63, 3.8) is 0 Å². The molecule has 4 heteroatoms. The first-order chi connectivity index (χ1) is 8.79. The van der Waals surface area contributed by atoms with E-state index < -0.39 is 0 Å². The summed E-state index contributed by atoms with van der Waals surface area (Å²) < 4.78 is 0. The van der Waals surface area contributed by atoms with Crippen LogP contribution in [-0.2, 0) is 6.42 Å². The highest BCUT2D eigenvalue weighted by Crippen LogP contribution is 2.16. The van der Waals surface area contributed by atoms with Crippen molar-refractivity contribution in [2.45, 2.75) is 39.2 Å². The standard InChI is InChI=1S/C15H26N2S.ClH/c1-3-17(11-15-5-4-7-16-10-15)13(2)9-14-6-8-18-12-14;/h6,8,12-13,15-16H,3-5,7,9-11H2,1-2H3;1H. The fourth-order valence-corrected chi connectivity index (χ4v) is 3.59. The maximum atomic E-state index is 3.52. The number of hydrogen-bond acceptors (Lipinski definition) is 3. The van der Waals surface area contributed by atoms with Crippen molar-refractivity contribution >= 4 is 23.7 Å². The van der Waals surface area contributed by atoms with Crippen LogP contribution in [0.3, 0.4) is 0 Å². The predicted octanol–water partition coefficient (Wildman–Crippen LogP) is 3.42. The van der Waals surface area contributed by atoms with Crippen LogP contribution in [0.5, 0.6) is 0 Å². The molecule has 1 aromatic rings. The molecule has 1 N–H and O–H groups in total. The Bertz CT molecular complexity index is 323. The lowest BCUT2D eigenvalue weighted by Crippen LogP contribution is -2.42. The minimum atomic E-state index is 0. The summed E-state index contributed by atoms with van der Waals surface area (Å²) in [5, 5.41) is 7.99. The van der Waals surface area contributed by atoms with Gasteiger partial charge < -0.3 is 10.2 Å². The molecule has 2 nitrogen and oxygen atoms in total. The van der Waals surface area contributed by atoms with Gasteiger partial charge in [0.05, 0.1) is 0 Å². The zero-order valence-corrected chi connectivity index (χ0v) is 13.7. The summed E-state index contributed by atoms with van der Waals surface area (Å²) in [5.41, 5.74) is 1.49. The molecule has 110 valence electrons. The molecule has 2 heterocycles. The molecule has 2 unspecified atom stereocenters. The molecular weight excluding hydrogens is 276 g/mol. The Kier molecular flexibility index (Phi) is 8.00. The molecule has 0 spiro atoms.